The van der Waals surface area contributed by atoms with Crippen LogP contribution in [0.15, 0.2) is 18.3 Å². The normalized spacial score (nSPS) is 13.8. The predicted octanol–water partition coefficient (Wildman–Crippen LogP) is 1.36. The number of aromatic nitrogens is 1. The maximum Gasteiger partial charge on any atom is 0.326 e. The standard InChI is InChI=1S/C14H22N2O4/c1-4-10(2)12(14(18)19)15-13(17)11-6-5-7-16(11)8-9-20-3/h5-7,10,12H,4,8-9H2,1-3H3,(H,15,17)(H,18,19)/t10?,12-/m0/s1. The van der Waals surface area contributed by atoms with Gasteiger partial charge in [0.2, 0.25) is 0 Å². The molecule has 2 atom stereocenters. The molecule has 1 unspecified atom stereocenters. The van der Waals surface area contributed by atoms with Crippen LogP contribution >= 0.6 is 0 Å². The first kappa shape index (κ1) is 16.2. The molecule has 0 radical (unpaired) electrons. The van der Waals surface area contributed by atoms with E-state index in [-0.39, 0.29) is 11.8 Å². The first-order valence-electron chi connectivity index (χ1n) is 6.69. The quantitative estimate of drug-likeness (QED) is 0.754. The highest BCUT2D eigenvalue weighted by Gasteiger charge is 2.26. The molecule has 1 aromatic rings. The van der Waals surface area contributed by atoms with Gasteiger partial charge in [0, 0.05) is 19.9 Å². The number of carbonyl (C=O) groups excluding carboxylic acids is 1. The molecule has 0 aliphatic carbocycles. The third kappa shape index (κ3) is 4.09. The zero-order valence-electron chi connectivity index (χ0n) is 12.1. The van der Waals surface area contributed by atoms with Crippen molar-refractivity contribution in [1.82, 2.24) is 9.88 Å². The molecule has 0 aliphatic heterocycles. The molecule has 0 bridgehead atoms. The lowest BCUT2D eigenvalue weighted by Gasteiger charge is -2.20. The maximum atomic E-state index is 12.2. The second-order valence-electron chi connectivity index (χ2n) is 4.75. The summed E-state index contributed by atoms with van der Waals surface area (Å²) in [5.74, 6) is -1.51. The minimum Gasteiger partial charge on any atom is -0.480 e. The van der Waals surface area contributed by atoms with Gasteiger partial charge in [-0.2, -0.15) is 0 Å². The molecule has 2 N–H and O–H groups in total. The van der Waals surface area contributed by atoms with Crippen LogP contribution in [0.2, 0.25) is 0 Å². The number of carboxylic acid groups (broad SMARTS) is 1. The number of aliphatic carboxylic acids is 1. The Labute approximate surface area is 118 Å². The number of carbonyl (C=O) groups is 2. The number of carboxylic acids is 1. The van der Waals surface area contributed by atoms with E-state index in [1.807, 2.05) is 13.8 Å². The molecule has 6 nitrogen and oxygen atoms in total. The van der Waals surface area contributed by atoms with Crippen LogP contribution in [0.25, 0.3) is 0 Å². The van der Waals surface area contributed by atoms with Gasteiger partial charge in [-0.05, 0) is 18.1 Å². The summed E-state index contributed by atoms with van der Waals surface area (Å²) in [5.41, 5.74) is 0.441. The van der Waals surface area contributed by atoms with Crippen molar-refractivity contribution in [2.24, 2.45) is 5.92 Å². The van der Waals surface area contributed by atoms with Crippen molar-refractivity contribution >= 4 is 11.9 Å². The molecule has 112 valence electrons. The molecule has 0 spiro atoms. The third-order valence-electron chi connectivity index (χ3n) is 3.36. The molecule has 1 heterocycles. The van der Waals surface area contributed by atoms with E-state index in [0.29, 0.717) is 25.3 Å². The molecule has 0 aliphatic rings. The number of hydrogen-bond acceptors (Lipinski definition) is 3. The van der Waals surface area contributed by atoms with Crippen LogP contribution in [-0.2, 0) is 16.1 Å². The van der Waals surface area contributed by atoms with Crippen molar-refractivity contribution < 1.29 is 19.4 Å². The Bertz CT molecular complexity index is 456. The lowest BCUT2D eigenvalue weighted by Crippen LogP contribution is -2.45. The molecule has 0 saturated carbocycles. The number of nitrogens with one attached hydrogen (secondary N) is 1. The Balaban J connectivity index is 2.79. The Kier molecular flexibility index (Phi) is 6.24. The highest BCUT2D eigenvalue weighted by Crippen LogP contribution is 2.10. The van der Waals surface area contributed by atoms with Gasteiger partial charge in [-0.1, -0.05) is 20.3 Å². The Morgan fingerprint density at radius 3 is 2.75 bits per heavy atom. The van der Waals surface area contributed by atoms with Crippen LogP contribution < -0.4 is 5.32 Å². The first-order valence-corrected chi connectivity index (χ1v) is 6.69. The fourth-order valence-electron chi connectivity index (χ4n) is 1.90. The van der Waals surface area contributed by atoms with Crippen LogP contribution in [-0.4, -0.2) is 41.3 Å². The number of amides is 1. The minimum absolute atomic E-state index is 0.126. The molecule has 0 aromatic carbocycles. The van der Waals surface area contributed by atoms with Gasteiger partial charge >= 0.3 is 5.97 Å². The summed E-state index contributed by atoms with van der Waals surface area (Å²) in [4.78, 5) is 23.4. The van der Waals surface area contributed by atoms with Gasteiger partial charge in [0.1, 0.15) is 11.7 Å². The predicted molar refractivity (Wildman–Crippen MR) is 74.7 cm³/mol. The molecule has 1 aromatic heterocycles. The van der Waals surface area contributed by atoms with Gasteiger partial charge in [-0.15, -0.1) is 0 Å². The van der Waals surface area contributed by atoms with Gasteiger partial charge in [0.15, 0.2) is 0 Å². The zero-order valence-corrected chi connectivity index (χ0v) is 12.1. The summed E-state index contributed by atoms with van der Waals surface area (Å²) in [6.07, 6.45) is 2.45. The van der Waals surface area contributed by atoms with Crippen molar-refractivity contribution in [3.05, 3.63) is 24.0 Å². The number of ether oxygens (including phenoxy) is 1. The SMILES string of the molecule is CCC(C)[C@H](NC(=O)c1cccn1CCOC)C(=O)O. The van der Waals surface area contributed by atoms with Crippen LogP contribution in [0, 0.1) is 5.92 Å². The molecule has 1 amide bonds. The average molecular weight is 282 g/mol. The summed E-state index contributed by atoms with van der Waals surface area (Å²) >= 11 is 0. The first-order chi connectivity index (χ1) is 9.51. The fraction of sp³-hybridized carbons (Fsp3) is 0.571. The summed E-state index contributed by atoms with van der Waals surface area (Å²) in [6.45, 7) is 4.74. The summed E-state index contributed by atoms with van der Waals surface area (Å²) in [7, 11) is 1.59. The van der Waals surface area contributed by atoms with E-state index in [4.69, 9.17) is 4.74 Å². The van der Waals surface area contributed by atoms with E-state index in [9.17, 15) is 14.7 Å². The third-order valence-corrected chi connectivity index (χ3v) is 3.36. The van der Waals surface area contributed by atoms with Gasteiger partial charge < -0.3 is 19.7 Å². The Morgan fingerprint density at radius 2 is 2.20 bits per heavy atom. The second-order valence-corrected chi connectivity index (χ2v) is 4.75. The van der Waals surface area contributed by atoms with Crippen molar-refractivity contribution in [2.75, 3.05) is 13.7 Å². The van der Waals surface area contributed by atoms with Crippen LogP contribution in [0.1, 0.15) is 30.8 Å². The minimum atomic E-state index is -1.01. The van der Waals surface area contributed by atoms with Gasteiger partial charge in [0.05, 0.1) is 6.61 Å². The topological polar surface area (TPSA) is 80.6 Å². The van der Waals surface area contributed by atoms with E-state index in [1.165, 1.54) is 0 Å². The number of rotatable bonds is 8. The van der Waals surface area contributed by atoms with Crippen LogP contribution in [0.5, 0.6) is 0 Å². The molecule has 6 heteroatoms. The van der Waals surface area contributed by atoms with Gasteiger partial charge in [-0.25, -0.2) is 4.79 Å². The Morgan fingerprint density at radius 1 is 1.50 bits per heavy atom. The van der Waals surface area contributed by atoms with E-state index in [1.54, 1.807) is 30.0 Å². The van der Waals surface area contributed by atoms with Crippen molar-refractivity contribution in [2.45, 2.75) is 32.9 Å². The monoisotopic (exact) mass is 282 g/mol. The van der Waals surface area contributed by atoms with Crippen molar-refractivity contribution in [3.63, 3.8) is 0 Å². The smallest absolute Gasteiger partial charge is 0.326 e. The van der Waals surface area contributed by atoms with Crippen molar-refractivity contribution in [3.8, 4) is 0 Å². The van der Waals surface area contributed by atoms with Gasteiger partial charge in [-0.3, -0.25) is 4.79 Å². The van der Waals surface area contributed by atoms with E-state index in [0.717, 1.165) is 0 Å². The number of methoxy groups -OCH3 is 1. The molecule has 0 saturated heterocycles. The highest BCUT2D eigenvalue weighted by atomic mass is 16.5. The molecular formula is C14H22N2O4. The largest absolute Gasteiger partial charge is 0.480 e. The van der Waals surface area contributed by atoms with E-state index >= 15 is 0 Å². The summed E-state index contributed by atoms with van der Waals surface area (Å²) < 4.78 is 6.72. The highest BCUT2D eigenvalue weighted by molar-refractivity contribution is 5.95. The van der Waals surface area contributed by atoms with Crippen LogP contribution in [0.3, 0.4) is 0 Å². The molecule has 20 heavy (non-hydrogen) atoms. The van der Waals surface area contributed by atoms with Crippen molar-refractivity contribution in [1.29, 1.82) is 0 Å². The van der Waals surface area contributed by atoms with E-state index in [2.05, 4.69) is 5.32 Å². The second kappa shape index (κ2) is 7.69. The number of hydrogen-bond donors (Lipinski definition) is 2. The fourth-order valence-corrected chi connectivity index (χ4v) is 1.90. The van der Waals surface area contributed by atoms with Gasteiger partial charge in [0.25, 0.3) is 5.91 Å². The molecular weight excluding hydrogens is 260 g/mol. The maximum absolute atomic E-state index is 12.2. The van der Waals surface area contributed by atoms with Crippen LogP contribution in [0.4, 0.5) is 0 Å². The average Bonchev–Trinajstić information content (AvgIpc) is 2.89. The lowest BCUT2D eigenvalue weighted by atomic mass is 9.99. The van der Waals surface area contributed by atoms with E-state index < -0.39 is 12.0 Å². The number of nitrogens with zero attached hydrogens (tertiary/aromatic N) is 1. The molecule has 1 rings (SSSR count). The summed E-state index contributed by atoms with van der Waals surface area (Å²) in [6, 6.07) is 2.54. The summed E-state index contributed by atoms with van der Waals surface area (Å²) in [5, 5.41) is 11.8. The Hall–Kier alpha value is -1.82. The zero-order chi connectivity index (χ0) is 15.1. The lowest BCUT2D eigenvalue weighted by molar-refractivity contribution is -0.140. The molecule has 0 fully saturated rings.